The fraction of sp³-hybridized carbons (Fsp3) is 0.474. The van der Waals surface area contributed by atoms with E-state index in [0.717, 1.165) is 28.7 Å². The minimum atomic E-state index is -4.44. The van der Waals surface area contributed by atoms with Crippen molar-refractivity contribution >= 4 is 11.7 Å². The Morgan fingerprint density at radius 2 is 1.85 bits per heavy atom. The summed E-state index contributed by atoms with van der Waals surface area (Å²) in [6.45, 7) is 3.19. The summed E-state index contributed by atoms with van der Waals surface area (Å²) in [6.07, 6.45) is -2.78. The fourth-order valence-electron chi connectivity index (χ4n) is 3.78. The van der Waals surface area contributed by atoms with Crippen LogP contribution in [0, 0.1) is 6.92 Å². The van der Waals surface area contributed by atoms with Crippen molar-refractivity contribution in [2.24, 2.45) is 0 Å². The number of anilines is 1. The molecule has 1 N–H and O–H groups in total. The molecular formula is C19H21F3N4O. The zero-order valence-corrected chi connectivity index (χ0v) is 15.0. The van der Waals surface area contributed by atoms with Crippen LogP contribution >= 0.6 is 0 Å². The van der Waals surface area contributed by atoms with Crippen LogP contribution in [0.4, 0.5) is 19.0 Å². The highest BCUT2D eigenvalue weighted by molar-refractivity contribution is 5.93. The van der Waals surface area contributed by atoms with E-state index in [9.17, 15) is 18.0 Å². The van der Waals surface area contributed by atoms with Crippen molar-refractivity contribution in [3.8, 4) is 0 Å². The van der Waals surface area contributed by atoms with E-state index in [1.807, 2.05) is 31.2 Å². The second-order valence-electron chi connectivity index (χ2n) is 7.26. The maximum Gasteiger partial charge on any atom is 0.410 e. The number of benzene rings is 1. The molecule has 1 fully saturated rings. The Hall–Kier alpha value is -2.51. The van der Waals surface area contributed by atoms with E-state index < -0.39 is 18.3 Å². The van der Waals surface area contributed by atoms with Crippen LogP contribution in [0.1, 0.15) is 53.0 Å². The molecule has 2 aliphatic rings. The standard InChI is InChI=1S/C19H21F3N4O/c1-12-4-6-13(7-5-12)14-10-16(19(20,21)22)26-17(23-14)11-15(24-26)18(27)25-8-2-3-9-25/h4-7,11,14,16,23H,2-3,8-10H2,1H3. The van der Waals surface area contributed by atoms with Gasteiger partial charge >= 0.3 is 6.18 Å². The molecule has 2 atom stereocenters. The molecule has 8 heteroatoms. The predicted molar refractivity (Wildman–Crippen MR) is 94.6 cm³/mol. The van der Waals surface area contributed by atoms with Gasteiger partial charge in [-0.15, -0.1) is 0 Å². The fourth-order valence-corrected chi connectivity index (χ4v) is 3.78. The van der Waals surface area contributed by atoms with Crippen molar-refractivity contribution in [2.75, 3.05) is 18.4 Å². The van der Waals surface area contributed by atoms with Gasteiger partial charge in [-0.2, -0.15) is 18.3 Å². The van der Waals surface area contributed by atoms with E-state index >= 15 is 0 Å². The van der Waals surface area contributed by atoms with E-state index in [-0.39, 0.29) is 23.8 Å². The number of nitrogens with zero attached hydrogens (tertiary/aromatic N) is 3. The number of carbonyl (C=O) groups excluding carboxylic acids is 1. The molecule has 2 aromatic rings. The molecule has 1 aromatic heterocycles. The Labute approximate surface area is 155 Å². The highest BCUT2D eigenvalue weighted by Crippen LogP contribution is 2.43. The lowest BCUT2D eigenvalue weighted by Crippen LogP contribution is -2.36. The first-order chi connectivity index (χ1) is 12.8. The Kier molecular flexibility index (Phi) is 4.36. The molecule has 3 heterocycles. The van der Waals surface area contributed by atoms with Gasteiger partial charge in [-0.3, -0.25) is 4.79 Å². The van der Waals surface area contributed by atoms with Crippen LogP contribution in [0.15, 0.2) is 30.3 Å². The lowest BCUT2D eigenvalue weighted by atomic mass is 9.96. The number of hydrogen-bond donors (Lipinski definition) is 1. The summed E-state index contributed by atoms with van der Waals surface area (Å²) in [7, 11) is 0. The molecule has 2 unspecified atom stereocenters. The van der Waals surface area contributed by atoms with Crippen molar-refractivity contribution in [1.29, 1.82) is 0 Å². The van der Waals surface area contributed by atoms with Gasteiger partial charge in [0.2, 0.25) is 0 Å². The molecule has 144 valence electrons. The summed E-state index contributed by atoms with van der Waals surface area (Å²) in [5, 5.41) is 7.16. The number of nitrogens with one attached hydrogen (secondary N) is 1. The summed E-state index contributed by atoms with van der Waals surface area (Å²) in [6, 6.07) is 6.63. The molecular weight excluding hydrogens is 357 g/mol. The van der Waals surface area contributed by atoms with Crippen LogP contribution in [0.25, 0.3) is 0 Å². The van der Waals surface area contributed by atoms with Crippen molar-refractivity contribution in [1.82, 2.24) is 14.7 Å². The Morgan fingerprint density at radius 1 is 1.19 bits per heavy atom. The summed E-state index contributed by atoms with van der Waals surface area (Å²) < 4.78 is 42.0. The maximum atomic E-state index is 13.7. The van der Waals surface area contributed by atoms with Gasteiger partial charge in [0.05, 0.1) is 6.04 Å². The first-order valence-electron chi connectivity index (χ1n) is 9.11. The number of rotatable bonds is 2. The minimum absolute atomic E-state index is 0.0678. The van der Waals surface area contributed by atoms with Gasteiger partial charge in [0.1, 0.15) is 5.82 Å². The number of alkyl halides is 3. The number of amides is 1. The number of carbonyl (C=O) groups is 1. The Morgan fingerprint density at radius 3 is 2.48 bits per heavy atom. The molecule has 27 heavy (non-hydrogen) atoms. The predicted octanol–water partition coefficient (Wildman–Crippen LogP) is 4.09. The van der Waals surface area contributed by atoms with Crippen LogP contribution in [-0.2, 0) is 0 Å². The maximum absolute atomic E-state index is 13.7. The van der Waals surface area contributed by atoms with E-state index in [0.29, 0.717) is 13.1 Å². The van der Waals surface area contributed by atoms with Crippen LogP contribution in [0.5, 0.6) is 0 Å². The monoisotopic (exact) mass is 378 g/mol. The smallest absolute Gasteiger partial charge is 0.363 e. The third kappa shape index (κ3) is 3.40. The second-order valence-corrected chi connectivity index (χ2v) is 7.26. The van der Waals surface area contributed by atoms with Gasteiger partial charge in [0.15, 0.2) is 11.7 Å². The van der Waals surface area contributed by atoms with Gasteiger partial charge < -0.3 is 10.2 Å². The summed E-state index contributed by atoms with van der Waals surface area (Å²) in [5.74, 6) is -0.0688. The molecule has 0 bridgehead atoms. The summed E-state index contributed by atoms with van der Waals surface area (Å²) in [4.78, 5) is 14.2. The van der Waals surface area contributed by atoms with Gasteiger partial charge in [-0.25, -0.2) is 4.68 Å². The average molecular weight is 378 g/mol. The molecule has 0 saturated carbocycles. The lowest BCUT2D eigenvalue weighted by Gasteiger charge is -2.33. The quantitative estimate of drug-likeness (QED) is 0.856. The van der Waals surface area contributed by atoms with E-state index in [1.54, 1.807) is 4.90 Å². The molecule has 1 aromatic carbocycles. The minimum Gasteiger partial charge on any atom is -0.363 e. The number of aryl methyl sites for hydroxylation is 1. The number of aromatic nitrogens is 2. The van der Waals surface area contributed by atoms with Gasteiger partial charge in [-0.05, 0) is 25.3 Å². The van der Waals surface area contributed by atoms with Crippen molar-refractivity contribution < 1.29 is 18.0 Å². The second kappa shape index (κ2) is 6.58. The normalized spacial score (nSPS) is 22.4. The summed E-state index contributed by atoms with van der Waals surface area (Å²) >= 11 is 0. The number of halogens is 3. The zero-order valence-electron chi connectivity index (χ0n) is 15.0. The number of fused-ring (bicyclic) bond motifs is 1. The highest BCUT2D eigenvalue weighted by atomic mass is 19.4. The Bertz CT molecular complexity index is 838. The molecule has 0 spiro atoms. The van der Waals surface area contributed by atoms with Crippen LogP contribution < -0.4 is 5.32 Å². The topological polar surface area (TPSA) is 50.2 Å². The molecule has 1 saturated heterocycles. The molecule has 0 radical (unpaired) electrons. The molecule has 2 aliphatic heterocycles. The molecule has 0 aliphatic carbocycles. The Balaban J connectivity index is 1.67. The van der Waals surface area contributed by atoms with Crippen LogP contribution in [-0.4, -0.2) is 39.9 Å². The third-order valence-corrected chi connectivity index (χ3v) is 5.28. The van der Waals surface area contributed by atoms with E-state index in [1.165, 1.54) is 6.07 Å². The van der Waals surface area contributed by atoms with E-state index in [2.05, 4.69) is 10.4 Å². The molecule has 5 nitrogen and oxygen atoms in total. The largest absolute Gasteiger partial charge is 0.410 e. The van der Waals surface area contributed by atoms with Crippen molar-refractivity contribution in [3.05, 3.63) is 47.2 Å². The average Bonchev–Trinajstić information content (AvgIpc) is 3.29. The van der Waals surface area contributed by atoms with Crippen LogP contribution in [0.3, 0.4) is 0 Å². The summed E-state index contributed by atoms with van der Waals surface area (Å²) in [5.41, 5.74) is 1.90. The molecule has 4 rings (SSSR count). The van der Waals surface area contributed by atoms with Gasteiger partial charge in [-0.1, -0.05) is 29.8 Å². The third-order valence-electron chi connectivity index (χ3n) is 5.28. The number of likely N-dealkylation sites (tertiary alicyclic amines) is 1. The van der Waals surface area contributed by atoms with Gasteiger partial charge in [0, 0.05) is 25.6 Å². The SMILES string of the molecule is Cc1ccc(C2CC(C(F)(F)F)n3nc(C(=O)N4CCCC4)cc3N2)cc1. The van der Waals surface area contributed by atoms with E-state index in [4.69, 9.17) is 0 Å². The first-order valence-corrected chi connectivity index (χ1v) is 9.11. The van der Waals surface area contributed by atoms with Crippen molar-refractivity contribution in [3.63, 3.8) is 0 Å². The van der Waals surface area contributed by atoms with Crippen molar-refractivity contribution in [2.45, 2.75) is 44.4 Å². The van der Waals surface area contributed by atoms with Crippen LogP contribution in [0.2, 0.25) is 0 Å². The lowest BCUT2D eigenvalue weighted by molar-refractivity contribution is -0.173. The van der Waals surface area contributed by atoms with Gasteiger partial charge in [0.25, 0.3) is 5.91 Å². The first kappa shape index (κ1) is 17.9. The zero-order chi connectivity index (χ0) is 19.2. The highest BCUT2D eigenvalue weighted by Gasteiger charge is 2.47. The molecule has 1 amide bonds. The number of hydrogen-bond acceptors (Lipinski definition) is 3.